The van der Waals surface area contributed by atoms with Gasteiger partial charge in [-0.05, 0) is 30.3 Å². The smallest absolute Gasteiger partial charge is 0.324 e. The van der Waals surface area contributed by atoms with Crippen molar-refractivity contribution in [3.05, 3.63) is 53.3 Å². The minimum Gasteiger partial charge on any atom is -0.324 e. The van der Waals surface area contributed by atoms with Gasteiger partial charge in [-0.25, -0.2) is 17.7 Å². The average molecular weight is 461 g/mol. The first-order valence-electron chi connectivity index (χ1n) is 8.45. The van der Waals surface area contributed by atoms with E-state index < -0.39 is 34.5 Å². The lowest BCUT2D eigenvalue weighted by Crippen LogP contribution is -2.24. The van der Waals surface area contributed by atoms with Crippen LogP contribution >= 0.6 is 11.6 Å². The first-order valence-corrected chi connectivity index (χ1v) is 10.3. The van der Waals surface area contributed by atoms with E-state index in [9.17, 15) is 26.4 Å². The fourth-order valence-corrected chi connectivity index (χ4v) is 4.17. The molecule has 3 rings (SSSR count). The molecule has 0 unspecified atom stereocenters. The molecule has 1 aromatic heterocycles. The molecular weight excluding hydrogens is 445 g/mol. The second kappa shape index (κ2) is 7.89. The number of rotatable bonds is 5. The van der Waals surface area contributed by atoms with Crippen LogP contribution in [0.3, 0.4) is 0 Å². The monoisotopic (exact) mass is 460 g/mol. The first-order chi connectivity index (χ1) is 13.9. The highest BCUT2D eigenvalue weighted by atomic mass is 35.5. The molecule has 160 valence electrons. The van der Waals surface area contributed by atoms with E-state index in [1.54, 1.807) is 6.07 Å². The number of halogens is 4. The molecule has 0 aliphatic heterocycles. The lowest BCUT2D eigenvalue weighted by Gasteiger charge is -2.15. The maximum Gasteiger partial charge on any atom is 0.449 e. The molecule has 0 fully saturated rings. The number of benzene rings is 2. The molecular formula is C18H16ClF3N4O3S. The summed E-state index contributed by atoms with van der Waals surface area (Å²) >= 11 is 5.96. The number of fused-ring (bicyclic) bond motifs is 1. The number of alkyl halides is 3. The minimum atomic E-state index is -4.76. The predicted molar refractivity (Wildman–Crippen MR) is 106 cm³/mol. The molecule has 0 bridgehead atoms. The number of imidazole rings is 1. The Hall–Kier alpha value is -2.63. The summed E-state index contributed by atoms with van der Waals surface area (Å²) < 4.78 is 66.5. The van der Waals surface area contributed by atoms with Gasteiger partial charge >= 0.3 is 6.18 Å². The predicted octanol–water partition coefficient (Wildman–Crippen LogP) is 3.60. The fraction of sp³-hybridized carbons (Fsp3) is 0.222. The van der Waals surface area contributed by atoms with Crippen molar-refractivity contribution in [2.24, 2.45) is 0 Å². The summed E-state index contributed by atoms with van der Waals surface area (Å²) in [5, 5.41) is 2.35. The zero-order valence-electron chi connectivity index (χ0n) is 15.7. The van der Waals surface area contributed by atoms with Crippen molar-refractivity contribution in [2.45, 2.75) is 17.6 Å². The van der Waals surface area contributed by atoms with Crippen LogP contribution in [0.25, 0.3) is 11.0 Å². The van der Waals surface area contributed by atoms with E-state index in [0.29, 0.717) is 0 Å². The number of para-hydroxylation sites is 2. The van der Waals surface area contributed by atoms with Crippen molar-refractivity contribution in [3.8, 4) is 0 Å². The largest absolute Gasteiger partial charge is 0.449 e. The number of amides is 1. The number of carbonyl (C=O) groups is 1. The van der Waals surface area contributed by atoms with Crippen molar-refractivity contribution >= 4 is 44.3 Å². The van der Waals surface area contributed by atoms with Crippen LogP contribution in [-0.2, 0) is 27.5 Å². The molecule has 2 aromatic carbocycles. The maximum atomic E-state index is 13.4. The lowest BCUT2D eigenvalue weighted by atomic mass is 10.3. The number of carbonyl (C=O) groups excluding carboxylic acids is 1. The Morgan fingerprint density at radius 1 is 1.20 bits per heavy atom. The van der Waals surface area contributed by atoms with Gasteiger partial charge in [0.2, 0.25) is 21.8 Å². The van der Waals surface area contributed by atoms with E-state index in [2.05, 4.69) is 10.3 Å². The van der Waals surface area contributed by atoms with Gasteiger partial charge in [0.05, 0.1) is 16.1 Å². The third-order valence-corrected chi connectivity index (χ3v) is 6.48. The SMILES string of the molecule is CN(C)S(=O)(=O)c1cc(NC(=O)Cn2c(C(F)(F)F)nc3ccccc32)ccc1Cl. The lowest BCUT2D eigenvalue weighted by molar-refractivity contribution is -0.147. The van der Waals surface area contributed by atoms with Gasteiger partial charge in [-0.15, -0.1) is 0 Å². The Morgan fingerprint density at radius 2 is 1.87 bits per heavy atom. The second-order valence-corrected chi connectivity index (χ2v) is 9.02. The third kappa shape index (κ3) is 4.27. The van der Waals surface area contributed by atoms with Gasteiger partial charge in [-0.1, -0.05) is 23.7 Å². The summed E-state index contributed by atoms with van der Waals surface area (Å²) in [6.07, 6.45) is -4.76. The summed E-state index contributed by atoms with van der Waals surface area (Å²) in [6, 6.07) is 9.70. The van der Waals surface area contributed by atoms with Crippen molar-refractivity contribution in [2.75, 3.05) is 19.4 Å². The highest BCUT2D eigenvalue weighted by Gasteiger charge is 2.38. The van der Waals surface area contributed by atoms with Gasteiger partial charge in [-0.3, -0.25) is 4.79 Å². The van der Waals surface area contributed by atoms with Gasteiger partial charge in [-0.2, -0.15) is 13.2 Å². The number of sulfonamides is 1. The van der Waals surface area contributed by atoms with E-state index >= 15 is 0 Å². The fourth-order valence-electron chi connectivity index (χ4n) is 2.77. The normalized spacial score (nSPS) is 12.5. The van der Waals surface area contributed by atoms with Crippen LogP contribution in [0, 0.1) is 0 Å². The second-order valence-electron chi connectivity index (χ2n) is 6.49. The van der Waals surface area contributed by atoms with Crippen LogP contribution in [0.1, 0.15) is 5.82 Å². The molecule has 1 amide bonds. The van der Waals surface area contributed by atoms with Crippen molar-refractivity contribution in [1.82, 2.24) is 13.9 Å². The molecule has 0 aliphatic rings. The van der Waals surface area contributed by atoms with Crippen LogP contribution in [-0.4, -0.2) is 42.3 Å². The summed E-state index contributed by atoms with van der Waals surface area (Å²) in [5.41, 5.74) is 0.318. The maximum absolute atomic E-state index is 13.4. The Balaban J connectivity index is 1.92. The molecule has 0 aliphatic carbocycles. The molecule has 0 saturated heterocycles. The van der Waals surface area contributed by atoms with Gasteiger partial charge in [0.25, 0.3) is 0 Å². The zero-order chi connectivity index (χ0) is 22.3. The zero-order valence-corrected chi connectivity index (χ0v) is 17.3. The van der Waals surface area contributed by atoms with Crippen molar-refractivity contribution < 1.29 is 26.4 Å². The molecule has 30 heavy (non-hydrogen) atoms. The highest BCUT2D eigenvalue weighted by Crippen LogP contribution is 2.32. The van der Waals surface area contributed by atoms with E-state index in [0.717, 1.165) is 14.9 Å². The van der Waals surface area contributed by atoms with Crippen LogP contribution in [0.15, 0.2) is 47.4 Å². The van der Waals surface area contributed by atoms with Crippen LogP contribution in [0.4, 0.5) is 18.9 Å². The summed E-state index contributed by atoms with van der Waals surface area (Å²) in [5.74, 6) is -2.00. The topological polar surface area (TPSA) is 84.3 Å². The average Bonchev–Trinajstić information content (AvgIpc) is 3.02. The summed E-state index contributed by atoms with van der Waals surface area (Å²) in [6.45, 7) is -0.673. The quantitative estimate of drug-likeness (QED) is 0.630. The Kier molecular flexibility index (Phi) is 5.81. The number of hydrogen-bond acceptors (Lipinski definition) is 4. The number of nitrogens with one attached hydrogen (secondary N) is 1. The molecule has 0 radical (unpaired) electrons. The number of anilines is 1. The molecule has 0 atom stereocenters. The number of nitrogens with zero attached hydrogens (tertiary/aromatic N) is 3. The van der Waals surface area contributed by atoms with Crippen LogP contribution in [0.2, 0.25) is 5.02 Å². The highest BCUT2D eigenvalue weighted by molar-refractivity contribution is 7.89. The van der Waals surface area contributed by atoms with E-state index in [4.69, 9.17) is 11.6 Å². The van der Waals surface area contributed by atoms with Gasteiger partial charge in [0, 0.05) is 19.8 Å². The number of hydrogen-bond donors (Lipinski definition) is 1. The Labute approximate surface area is 175 Å². The molecule has 1 N–H and O–H groups in total. The van der Waals surface area contributed by atoms with Gasteiger partial charge in [0.1, 0.15) is 11.4 Å². The van der Waals surface area contributed by atoms with Gasteiger partial charge in [0.15, 0.2) is 0 Å². The van der Waals surface area contributed by atoms with E-state index in [1.165, 1.54) is 44.4 Å². The third-order valence-electron chi connectivity index (χ3n) is 4.18. The Morgan fingerprint density at radius 3 is 2.50 bits per heavy atom. The summed E-state index contributed by atoms with van der Waals surface area (Å²) in [4.78, 5) is 15.8. The Bertz CT molecular complexity index is 1220. The van der Waals surface area contributed by atoms with Crippen LogP contribution in [0.5, 0.6) is 0 Å². The molecule has 1 heterocycles. The number of aromatic nitrogens is 2. The summed E-state index contributed by atoms with van der Waals surface area (Å²) in [7, 11) is -1.25. The van der Waals surface area contributed by atoms with E-state index in [-0.39, 0.29) is 26.6 Å². The standard InChI is InChI=1S/C18H16ClF3N4O3S/c1-25(2)30(28,29)15-9-11(7-8-12(15)19)23-16(27)10-26-14-6-4-3-5-13(14)24-17(26)18(20,21)22/h3-9H,10H2,1-2H3,(H,23,27). The van der Waals surface area contributed by atoms with Gasteiger partial charge < -0.3 is 9.88 Å². The molecule has 12 heteroatoms. The van der Waals surface area contributed by atoms with Crippen LogP contribution < -0.4 is 5.32 Å². The van der Waals surface area contributed by atoms with Crippen molar-refractivity contribution in [3.63, 3.8) is 0 Å². The van der Waals surface area contributed by atoms with E-state index in [1.807, 2.05) is 0 Å². The molecule has 3 aromatic rings. The molecule has 0 spiro atoms. The van der Waals surface area contributed by atoms with Crippen molar-refractivity contribution in [1.29, 1.82) is 0 Å². The molecule has 0 saturated carbocycles. The first kappa shape index (κ1) is 22.1. The molecule has 7 nitrogen and oxygen atoms in total. The minimum absolute atomic E-state index is 0.0540.